The fourth-order valence-electron chi connectivity index (χ4n) is 0.435. The van der Waals surface area contributed by atoms with Crippen molar-refractivity contribution >= 4 is 6.16 Å². The second-order valence-electron chi connectivity index (χ2n) is 1.65. The number of ether oxygens (including phenoxy) is 2. The average Bonchev–Trinajstić information content (AvgIpc) is 2.03. The zero-order valence-electron chi connectivity index (χ0n) is 6.40. The molecule has 0 saturated carbocycles. The summed E-state index contributed by atoms with van der Waals surface area (Å²) < 4.78 is 8.66. The van der Waals surface area contributed by atoms with Crippen molar-refractivity contribution in [2.75, 3.05) is 7.11 Å². The van der Waals surface area contributed by atoms with Gasteiger partial charge in [0, 0.05) is 0 Å². The quantitative estimate of drug-likeness (QED) is 0.444. The van der Waals surface area contributed by atoms with Crippen molar-refractivity contribution in [3.8, 4) is 6.07 Å². The van der Waals surface area contributed by atoms with E-state index in [1.54, 1.807) is 19.1 Å². The Hall–Kier alpha value is -1.50. The average molecular weight is 155 g/mol. The van der Waals surface area contributed by atoms with Crippen LogP contribution in [-0.4, -0.2) is 19.4 Å². The molecule has 11 heavy (non-hydrogen) atoms. The molecular weight excluding hydrogens is 146 g/mol. The summed E-state index contributed by atoms with van der Waals surface area (Å²) in [5, 5.41) is 8.37. The Balaban J connectivity index is 3.90. The van der Waals surface area contributed by atoms with Crippen LogP contribution in [0.15, 0.2) is 12.2 Å². The molecule has 0 aliphatic rings. The van der Waals surface area contributed by atoms with E-state index in [1.165, 1.54) is 13.2 Å². The van der Waals surface area contributed by atoms with Crippen LogP contribution < -0.4 is 0 Å². The molecule has 4 heteroatoms. The van der Waals surface area contributed by atoms with Crippen molar-refractivity contribution in [2.24, 2.45) is 0 Å². The van der Waals surface area contributed by atoms with E-state index in [0.29, 0.717) is 0 Å². The normalized spacial score (nSPS) is 12.1. The van der Waals surface area contributed by atoms with Crippen molar-refractivity contribution in [1.82, 2.24) is 0 Å². The minimum atomic E-state index is -0.854. The second kappa shape index (κ2) is 5.30. The van der Waals surface area contributed by atoms with Crippen LogP contribution in [0.2, 0.25) is 0 Å². The third-order valence-electron chi connectivity index (χ3n) is 0.884. The highest BCUT2D eigenvalue weighted by Crippen LogP contribution is 1.94. The van der Waals surface area contributed by atoms with Gasteiger partial charge in [0.05, 0.1) is 7.11 Å². The summed E-state index contributed by atoms with van der Waals surface area (Å²) >= 11 is 0. The minimum Gasteiger partial charge on any atom is -0.438 e. The van der Waals surface area contributed by atoms with Crippen LogP contribution in [0.1, 0.15) is 6.92 Å². The number of allylic oxidation sites excluding steroid dienone is 1. The van der Waals surface area contributed by atoms with E-state index in [-0.39, 0.29) is 0 Å². The van der Waals surface area contributed by atoms with Gasteiger partial charge in [-0.3, -0.25) is 0 Å². The lowest BCUT2D eigenvalue weighted by molar-refractivity contribution is 0.0667. The molecule has 0 aromatic carbocycles. The number of nitrogens with zero attached hydrogens (tertiary/aromatic N) is 1. The monoisotopic (exact) mass is 155 g/mol. The molecule has 0 aromatic heterocycles. The zero-order chi connectivity index (χ0) is 8.69. The number of carbonyl (C=O) groups excluding carboxylic acids is 1. The summed E-state index contributed by atoms with van der Waals surface area (Å²) in [7, 11) is 1.19. The highest BCUT2D eigenvalue weighted by atomic mass is 16.7. The van der Waals surface area contributed by atoms with E-state index in [1.807, 2.05) is 0 Å². The van der Waals surface area contributed by atoms with Gasteiger partial charge in [0.15, 0.2) is 0 Å². The largest absolute Gasteiger partial charge is 0.509 e. The molecule has 0 rings (SSSR count). The van der Waals surface area contributed by atoms with Crippen molar-refractivity contribution in [3.63, 3.8) is 0 Å². The Morgan fingerprint density at radius 3 is 2.73 bits per heavy atom. The van der Waals surface area contributed by atoms with Crippen LogP contribution in [0, 0.1) is 11.3 Å². The SMILES string of the molecule is C/C=C/[C@H](C#N)OC(=O)OC. The van der Waals surface area contributed by atoms with Gasteiger partial charge in [-0.05, 0) is 13.0 Å². The van der Waals surface area contributed by atoms with Crippen LogP contribution in [0.3, 0.4) is 0 Å². The highest BCUT2D eigenvalue weighted by molar-refractivity contribution is 5.60. The number of rotatable bonds is 2. The Kier molecular flexibility index (Phi) is 4.58. The van der Waals surface area contributed by atoms with Gasteiger partial charge in [-0.15, -0.1) is 0 Å². The number of hydrogen-bond acceptors (Lipinski definition) is 4. The number of hydrogen-bond donors (Lipinski definition) is 0. The van der Waals surface area contributed by atoms with Gasteiger partial charge in [-0.1, -0.05) is 6.08 Å². The van der Waals surface area contributed by atoms with Crippen LogP contribution in [-0.2, 0) is 9.47 Å². The van der Waals surface area contributed by atoms with Crippen LogP contribution >= 0.6 is 0 Å². The number of methoxy groups -OCH3 is 1. The maximum atomic E-state index is 10.4. The van der Waals surface area contributed by atoms with Crippen LogP contribution in [0.5, 0.6) is 0 Å². The first-order chi connectivity index (χ1) is 5.24. The molecular formula is C7H9NO3. The molecule has 0 radical (unpaired) electrons. The molecule has 0 amide bonds. The van der Waals surface area contributed by atoms with Crippen LogP contribution in [0.4, 0.5) is 4.79 Å². The lowest BCUT2D eigenvalue weighted by atomic mass is 10.3. The third-order valence-corrected chi connectivity index (χ3v) is 0.884. The second-order valence-corrected chi connectivity index (χ2v) is 1.65. The molecule has 0 saturated heterocycles. The molecule has 0 fully saturated rings. The Morgan fingerprint density at radius 1 is 1.73 bits per heavy atom. The molecule has 60 valence electrons. The van der Waals surface area contributed by atoms with Gasteiger partial charge in [0.1, 0.15) is 6.07 Å². The molecule has 1 atom stereocenters. The van der Waals surface area contributed by atoms with Gasteiger partial charge < -0.3 is 9.47 Å². The van der Waals surface area contributed by atoms with Crippen LogP contribution in [0.25, 0.3) is 0 Å². The lowest BCUT2D eigenvalue weighted by Crippen LogP contribution is -2.13. The van der Waals surface area contributed by atoms with Gasteiger partial charge in [0.25, 0.3) is 0 Å². The van der Waals surface area contributed by atoms with Gasteiger partial charge in [0.2, 0.25) is 6.10 Å². The molecule has 0 N–H and O–H groups in total. The molecule has 0 aromatic rings. The minimum absolute atomic E-state index is 0.852. The first-order valence-corrected chi connectivity index (χ1v) is 3.01. The van der Waals surface area contributed by atoms with E-state index in [9.17, 15) is 4.79 Å². The van der Waals surface area contributed by atoms with E-state index in [0.717, 1.165) is 0 Å². The summed E-state index contributed by atoms with van der Waals surface area (Å²) in [4.78, 5) is 10.4. The van der Waals surface area contributed by atoms with Crippen molar-refractivity contribution in [1.29, 1.82) is 5.26 Å². The Labute approximate surface area is 65.0 Å². The maximum absolute atomic E-state index is 10.4. The highest BCUT2D eigenvalue weighted by Gasteiger charge is 2.08. The van der Waals surface area contributed by atoms with Gasteiger partial charge >= 0.3 is 6.16 Å². The smallest absolute Gasteiger partial charge is 0.438 e. The summed E-state index contributed by atoms with van der Waals surface area (Å²) in [5.41, 5.74) is 0. The summed E-state index contributed by atoms with van der Waals surface area (Å²) in [5.74, 6) is 0. The summed E-state index contributed by atoms with van der Waals surface area (Å²) in [6.07, 6.45) is 1.37. The zero-order valence-corrected chi connectivity index (χ0v) is 6.40. The van der Waals surface area contributed by atoms with E-state index >= 15 is 0 Å². The predicted octanol–water partition coefficient (Wildman–Crippen LogP) is 1.24. The fraction of sp³-hybridized carbons (Fsp3) is 0.429. The molecule has 0 bridgehead atoms. The summed E-state index contributed by atoms with van der Waals surface area (Å²) in [6, 6.07) is 1.76. The van der Waals surface area contributed by atoms with Gasteiger partial charge in [-0.2, -0.15) is 5.26 Å². The lowest BCUT2D eigenvalue weighted by Gasteiger charge is -2.03. The number of nitriles is 1. The number of carbonyl (C=O) groups is 1. The fourth-order valence-corrected chi connectivity index (χ4v) is 0.435. The first-order valence-electron chi connectivity index (χ1n) is 3.01. The topological polar surface area (TPSA) is 59.3 Å². The first kappa shape index (κ1) is 9.50. The van der Waals surface area contributed by atoms with Crippen molar-refractivity contribution in [2.45, 2.75) is 13.0 Å². The third kappa shape index (κ3) is 3.98. The molecule has 0 spiro atoms. The van der Waals surface area contributed by atoms with E-state index in [4.69, 9.17) is 5.26 Å². The van der Waals surface area contributed by atoms with Crippen molar-refractivity contribution < 1.29 is 14.3 Å². The van der Waals surface area contributed by atoms with Crippen molar-refractivity contribution in [3.05, 3.63) is 12.2 Å². The predicted molar refractivity (Wildman–Crippen MR) is 37.7 cm³/mol. The maximum Gasteiger partial charge on any atom is 0.509 e. The summed E-state index contributed by atoms with van der Waals surface area (Å²) in [6.45, 7) is 1.73. The molecule has 0 heterocycles. The molecule has 0 unspecified atom stereocenters. The molecule has 0 aliphatic carbocycles. The molecule has 0 aliphatic heterocycles. The Bertz CT molecular complexity index is 192. The van der Waals surface area contributed by atoms with Gasteiger partial charge in [-0.25, -0.2) is 4.79 Å². The standard InChI is InChI=1S/C7H9NO3/c1-3-4-6(5-8)11-7(9)10-2/h3-4,6H,1-2H3/b4-3+/t6-/m1/s1. The van der Waals surface area contributed by atoms with E-state index in [2.05, 4.69) is 9.47 Å². The van der Waals surface area contributed by atoms with E-state index < -0.39 is 12.3 Å². The Morgan fingerprint density at radius 2 is 2.36 bits per heavy atom. The molecule has 4 nitrogen and oxygen atoms in total.